The number of pyridine rings is 1. The van der Waals surface area contributed by atoms with Crippen LogP contribution in [0.15, 0.2) is 48.9 Å². The maximum Gasteiger partial charge on any atom is 0.160 e. The van der Waals surface area contributed by atoms with Gasteiger partial charge < -0.3 is 10.6 Å². The maximum absolute atomic E-state index is 5.93. The van der Waals surface area contributed by atoms with Gasteiger partial charge in [-0.25, -0.2) is 9.97 Å². The van der Waals surface area contributed by atoms with Crippen molar-refractivity contribution in [3.63, 3.8) is 0 Å². The van der Waals surface area contributed by atoms with Crippen molar-refractivity contribution in [2.75, 3.05) is 23.7 Å². The quantitative estimate of drug-likeness (QED) is 0.741. The normalized spacial score (nSPS) is 14.0. The van der Waals surface area contributed by atoms with Gasteiger partial charge in [0.1, 0.15) is 0 Å². The fourth-order valence-electron chi connectivity index (χ4n) is 3.25. The number of hydrogen-bond acceptors (Lipinski definition) is 5. The molecule has 5 heteroatoms. The van der Waals surface area contributed by atoms with Crippen molar-refractivity contribution in [1.82, 2.24) is 15.0 Å². The molecule has 3 aromatic rings. The molecule has 2 aromatic heterocycles. The van der Waals surface area contributed by atoms with Gasteiger partial charge in [-0.15, -0.1) is 0 Å². The number of anilines is 2. The molecule has 3 heterocycles. The molecule has 25 heavy (non-hydrogen) atoms. The first kappa shape index (κ1) is 15.6. The van der Waals surface area contributed by atoms with Crippen molar-refractivity contribution in [3.8, 4) is 22.6 Å². The minimum absolute atomic E-state index is 0.689. The maximum atomic E-state index is 5.93. The topological polar surface area (TPSA) is 67.9 Å². The number of rotatable bonds is 3. The molecule has 0 spiro atoms. The van der Waals surface area contributed by atoms with Gasteiger partial charge >= 0.3 is 0 Å². The Kier molecular flexibility index (Phi) is 4.06. The molecule has 1 aliphatic heterocycles. The molecule has 1 aromatic carbocycles. The first-order valence-electron chi connectivity index (χ1n) is 8.60. The molecular weight excluding hydrogens is 310 g/mol. The van der Waals surface area contributed by atoms with Crippen molar-refractivity contribution in [1.29, 1.82) is 0 Å². The molecule has 126 valence electrons. The van der Waals surface area contributed by atoms with Gasteiger partial charge in [-0.2, -0.15) is 0 Å². The van der Waals surface area contributed by atoms with Crippen LogP contribution >= 0.6 is 0 Å². The molecule has 0 bridgehead atoms. The smallest absolute Gasteiger partial charge is 0.160 e. The summed E-state index contributed by atoms with van der Waals surface area (Å²) in [6, 6.07) is 9.91. The third-order valence-electron chi connectivity index (χ3n) is 4.65. The van der Waals surface area contributed by atoms with E-state index in [9.17, 15) is 0 Å². The number of nitrogens with zero attached hydrogens (tertiary/aromatic N) is 4. The van der Waals surface area contributed by atoms with Gasteiger partial charge in [-0.3, -0.25) is 4.98 Å². The van der Waals surface area contributed by atoms with E-state index >= 15 is 0 Å². The van der Waals surface area contributed by atoms with Gasteiger partial charge in [0.15, 0.2) is 5.82 Å². The highest BCUT2D eigenvalue weighted by molar-refractivity contribution is 5.69. The van der Waals surface area contributed by atoms with E-state index in [4.69, 9.17) is 10.7 Å². The van der Waals surface area contributed by atoms with E-state index in [-0.39, 0.29) is 0 Å². The number of benzene rings is 1. The Balaban J connectivity index is 1.72. The van der Waals surface area contributed by atoms with Gasteiger partial charge in [0.25, 0.3) is 0 Å². The number of aromatic nitrogens is 3. The van der Waals surface area contributed by atoms with Crippen molar-refractivity contribution >= 4 is 11.4 Å². The highest BCUT2D eigenvalue weighted by Crippen LogP contribution is 2.27. The summed E-state index contributed by atoms with van der Waals surface area (Å²) in [5.74, 6) is 0.689. The molecule has 0 atom stereocenters. The summed E-state index contributed by atoms with van der Waals surface area (Å²) >= 11 is 0. The highest BCUT2D eigenvalue weighted by Gasteiger charge is 2.14. The number of nitrogens with two attached hydrogens (primary N) is 1. The molecule has 1 saturated heterocycles. The first-order valence-corrected chi connectivity index (χ1v) is 8.60. The van der Waals surface area contributed by atoms with E-state index in [0.717, 1.165) is 41.2 Å². The van der Waals surface area contributed by atoms with Crippen LogP contribution < -0.4 is 10.6 Å². The van der Waals surface area contributed by atoms with Crippen LogP contribution in [0.2, 0.25) is 0 Å². The average molecular weight is 331 g/mol. The Bertz CT molecular complexity index is 900. The van der Waals surface area contributed by atoms with Crippen LogP contribution in [0, 0.1) is 6.92 Å². The average Bonchev–Trinajstić information content (AvgIpc) is 3.19. The monoisotopic (exact) mass is 331 g/mol. The largest absolute Gasteiger partial charge is 0.399 e. The molecular formula is C20H21N5. The van der Waals surface area contributed by atoms with Crippen molar-refractivity contribution in [2.24, 2.45) is 0 Å². The zero-order valence-electron chi connectivity index (χ0n) is 14.3. The molecule has 0 aliphatic carbocycles. The minimum Gasteiger partial charge on any atom is -0.399 e. The summed E-state index contributed by atoms with van der Waals surface area (Å²) in [5.41, 5.74) is 11.8. The molecule has 0 radical (unpaired) electrons. The summed E-state index contributed by atoms with van der Waals surface area (Å²) in [7, 11) is 0. The van der Waals surface area contributed by atoms with Crippen molar-refractivity contribution < 1.29 is 0 Å². The number of nitrogen functional groups attached to an aromatic ring is 1. The van der Waals surface area contributed by atoms with Crippen molar-refractivity contribution in [2.45, 2.75) is 19.8 Å². The van der Waals surface area contributed by atoms with E-state index in [2.05, 4.69) is 20.9 Å². The lowest BCUT2D eigenvalue weighted by Gasteiger charge is -2.17. The zero-order valence-corrected chi connectivity index (χ0v) is 14.3. The highest BCUT2D eigenvalue weighted by atomic mass is 15.1. The molecule has 1 aliphatic rings. The molecule has 2 N–H and O–H groups in total. The Morgan fingerprint density at radius 1 is 1.04 bits per heavy atom. The standard InChI is InChI=1S/C20H21N5/c1-14-4-5-16(21)11-18(14)20-23-7-6-19(24-20)15-10-17(13-22-12-15)25-8-2-3-9-25/h4-7,10-13H,2-3,8-9,21H2,1H3. The van der Waals surface area contributed by atoms with E-state index in [1.807, 2.05) is 43.6 Å². The van der Waals surface area contributed by atoms with Gasteiger partial charge in [-0.05, 0) is 49.6 Å². The van der Waals surface area contributed by atoms with Gasteiger partial charge in [0.2, 0.25) is 0 Å². The summed E-state index contributed by atoms with van der Waals surface area (Å²) in [6.45, 7) is 4.24. The Morgan fingerprint density at radius 2 is 1.88 bits per heavy atom. The summed E-state index contributed by atoms with van der Waals surface area (Å²) < 4.78 is 0. The Labute approximate surface area is 147 Å². The lowest BCUT2D eigenvalue weighted by atomic mass is 10.1. The summed E-state index contributed by atoms with van der Waals surface area (Å²) in [6.07, 6.45) is 8.08. The zero-order chi connectivity index (χ0) is 17.2. The molecule has 0 amide bonds. The predicted octanol–water partition coefficient (Wildman–Crippen LogP) is 3.70. The van der Waals surface area contributed by atoms with Gasteiger partial charge in [-0.1, -0.05) is 6.07 Å². The second-order valence-corrected chi connectivity index (χ2v) is 6.47. The lowest BCUT2D eigenvalue weighted by Crippen LogP contribution is -2.17. The van der Waals surface area contributed by atoms with Crippen LogP contribution in [0.3, 0.4) is 0 Å². The fraction of sp³-hybridized carbons (Fsp3) is 0.250. The second kappa shape index (κ2) is 6.51. The van der Waals surface area contributed by atoms with Crippen LogP contribution in [0.5, 0.6) is 0 Å². The van der Waals surface area contributed by atoms with Crippen LogP contribution in [-0.4, -0.2) is 28.0 Å². The molecule has 0 unspecified atom stereocenters. The molecule has 1 fully saturated rings. The van der Waals surface area contributed by atoms with Crippen LogP contribution in [0.1, 0.15) is 18.4 Å². The lowest BCUT2D eigenvalue weighted by molar-refractivity contribution is 0.949. The summed E-state index contributed by atoms with van der Waals surface area (Å²) in [5, 5.41) is 0. The molecule has 4 rings (SSSR count). The summed E-state index contributed by atoms with van der Waals surface area (Å²) in [4.78, 5) is 16.0. The Morgan fingerprint density at radius 3 is 2.72 bits per heavy atom. The first-order chi connectivity index (χ1) is 12.2. The number of aryl methyl sites for hydroxylation is 1. The van der Waals surface area contributed by atoms with E-state index in [1.54, 1.807) is 6.20 Å². The molecule has 5 nitrogen and oxygen atoms in total. The van der Waals surface area contributed by atoms with E-state index in [0.29, 0.717) is 11.5 Å². The number of hydrogen-bond donors (Lipinski definition) is 1. The van der Waals surface area contributed by atoms with E-state index < -0.39 is 0 Å². The van der Waals surface area contributed by atoms with Crippen LogP contribution in [-0.2, 0) is 0 Å². The predicted molar refractivity (Wildman–Crippen MR) is 101 cm³/mol. The molecule has 0 saturated carbocycles. The third kappa shape index (κ3) is 3.18. The fourth-order valence-corrected chi connectivity index (χ4v) is 3.25. The van der Waals surface area contributed by atoms with Crippen LogP contribution in [0.4, 0.5) is 11.4 Å². The Hall–Kier alpha value is -2.95. The SMILES string of the molecule is Cc1ccc(N)cc1-c1nccc(-c2cncc(N3CCCC3)c2)n1. The van der Waals surface area contributed by atoms with Crippen molar-refractivity contribution in [3.05, 3.63) is 54.5 Å². The van der Waals surface area contributed by atoms with E-state index in [1.165, 1.54) is 12.8 Å². The second-order valence-electron chi connectivity index (χ2n) is 6.47. The third-order valence-corrected chi connectivity index (χ3v) is 4.65. The van der Waals surface area contributed by atoms with Gasteiger partial charge in [0, 0.05) is 42.3 Å². The minimum atomic E-state index is 0.689. The van der Waals surface area contributed by atoms with Crippen LogP contribution in [0.25, 0.3) is 22.6 Å². The van der Waals surface area contributed by atoms with Gasteiger partial charge in [0.05, 0.1) is 17.6 Å².